The molecule has 5 rings (SSSR count). The number of halogens is 1. The minimum absolute atomic E-state index is 1.09. The molecule has 0 heterocycles. The molecule has 29 heavy (non-hydrogen) atoms. The highest BCUT2D eigenvalue weighted by atomic mass is 79.9. The Hall–Kier alpha value is -3.16. The van der Waals surface area contributed by atoms with Crippen LogP contribution in [0.5, 0.6) is 0 Å². The van der Waals surface area contributed by atoms with Gasteiger partial charge >= 0.3 is 0 Å². The molecule has 5 aromatic rings. The molecule has 0 spiro atoms. The predicted octanol–water partition coefficient (Wildman–Crippen LogP) is 8.60. The fourth-order valence-electron chi connectivity index (χ4n) is 4.03. The Balaban J connectivity index is 1.93. The summed E-state index contributed by atoms with van der Waals surface area (Å²) in [6.07, 6.45) is 0. The van der Waals surface area contributed by atoms with Gasteiger partial charge in [-0.25, -0.2) is 0 Å². The van der Waals surface area contributed by atoms with Gasteiger partial charge in [0.05, 0.1) is 0 Å². The van der Waals surface area contributed by atoms with Crippen LogP contribution in [-0.2, 0) is 0 Å². The molecule has 0 fully saturated rings. The summed E-state index contributed by atoms with van der Waals surface area (Å²) in [6.45, 7) is 0. The predicted molar refractivity (Wildman–Crippen MR) is 128 cm³/mol. The van der Waals surface area contributed by atoms with Crippen molar-refractivity contribution in [1.29, 1.82) is 0 Å². The van der Waals surface area contributed by atoms with Gasteiger partial charge in [0, 0.05) is 4.47 Å². The lowest BCUT2D eigenvalue weighted by atomic mass is 9.85. The summed E-state index contributed by atoms with van der Waals surface area (Å²) in [5.74, 6) is 0. The van der Waals surface area contributed by atoms with Gasteiger partial charge in [0.15, 0.2) is 0 Å². The van der Waals surface area contributed by atoms with Crippen molar-refractivity contribution in [3.05, 3.63) is 120 Å². The molecule has 0 radical (unpaired) electrons. The Labute approximate surface area is 179 Å². The Morgan fingerprint density at radius 1 is 0.414 bits per heavy atom. The molecule has 0 amide bonds. The van der Waals surface area contributed by atoms with Gasteiger partial charge in [-0.2, -0.15) is 0 Å². The summed E-state index contributed by atoms with van der Waals surface area (Å²) >= 11 is 3.65. The third-order valence-corrected chi connectivity index (χ3v) is 5.82. The Kier molecular flexibility index (Phi) is 4.75. The van der Waals surface area contributed by atoms with Crippen molar-refractivity contribution < 1.29 is 0 Å². The lowest BCUT2D eigenvalue weighted by Gasteiger charge is -2.18. The monoisotopic (exact) mass is 434 g/mol. The highest BCUT2D eigenvalue weighted by Gasteiger charge is 2.16. The van der Waals surface area contributed by atoms with E-state index in [1.807, 2.05) is 0 Å². The molecular formula is C28H19Br. The van der Waals surface area contributed by atoms with E-state index in [4.69, 9.17) is 0 Å². The van der Waals surface area contributed by atoms with Gasteiger partial charge < -0.3 is 0 Å². The fourth-order valence-corrected chi connectivity index (χ4v) is 4.43. The van der Waals surface area contributed by atoms with Crippen LogP contribution in [0.1, 0.15) is 0 Å². The molecule has 0 aromatic heterocycles. The quantitative estimate of drug-likeness (QED) is 0.266. The molecule has 1 heteroatoms. The van der Waals surface area contributed by atoms with Crippen LogP contribution in [0.3, 0.4) is 0 Å². The van der Waals surface area contributed by atoms with Crippen LogP contribution >= 0.6 is 15.9 Å². The largest absolute Gasteiger partial charge is 0.0622 e. The minimum Gasteiger partial charge on any atom is -0.0622 e. The molecule has 0 atom stereocenters. The van der Waals surface area contributed by atoms with Crippen LogP contribution in [0.2, 0.25) is 0 Å². The average molecular weight is 435 g/mol. The third-order valence-electron chi connectivity index (χ3n) is 5.33. The lowest BCUT2D eigenvalue weighted by molar-refractivity contribution is 1.58. The first-order valence-corrected chi connectivity index (χ1v) is 10.5. The van der Waals surface area contributed by atoms with Crippen molar-refractivity contribution in [2.45, 2.75) is 0 Å². The second-order valence-electron chi connectivity index (χ2n) is 7.13. The first-order chi connectivity index (χ1) is 14.3. The topological polar surface area (TPSA) is 0 Å². The maximum absolute atomic E-state index is 3.65. The van der Waals surface area contributed by atoms with E-state index >= 15 is 0 Å². The van der Waals surface area contributed by atoms with Crippen LogP contribution < -0.4 is 0 Å². The summed E-state index contributed by atoms with van der Waals surface area (Å²) < 4.78 is 1.09. The number of hydrogen-bond donors (Lipinski definition) is 0. The molecule has 0 N–H and O–H groups in total. The van der Waals surface area contributed by atoms with Gasteiger partial charge in [-0.15, -0.1) is 0 Å². The van der Waals surface area contributed by atoms with E-state index in [9.17, 15) is 0 Å². The zero-order valence-electron chi connectivity index (χ0n) is 15.8. The van der Waals surface area contributed by atoms with E-state index < -0.39 is 0 Å². The van der Waals surface area contributed by atoms with Gasteiger partial charge in [-0.3, -0.25) is 0 Å². The first kappa shape index (κ1) is 17.9. The average Bonchev–Trinajstić information content (AvgIpc) is 2.79. The van der Waals surface area contributed by atoms with Crippen molar-refractivity contribution in [1.82, 2.24) is 0 Å². The van der Waals surface area contributed by atoms with Crippen LogP contribution in [0, 0.1) is 0 Å². The summed E-state index contributed by atoms with van der Waals surface area (Å²) in [5.41, 5.74) is 7.46. The molecule has 0 bridgehead atoms. The van der Waals surface area contributed by atoms with Gasteiger partial charge in [-0.05, 0) is 62.4 Å². The van der Waals surface area contributed by atoms with E-state index in [1.165, 1.54) is 44.2 Å². The Bertz CT molecular complexity index is 1290. The summed E-state index contributed by atoms with van der Waals surface area (Å²) in [4.78, 5) is 0. The molecule has 0 aliphatic heterocycles. The highest BCUT2D eigenvalue weighted by Crippen LogP contribution is 2.43. The maximum atomic E-state index is 3.65. The summed E-state index contributed by atoms with van der Waals surface area (Å²) in [5, 5.41) is 2.55. The smallest absolute Gasteiger partial charge is 0.0181 e. The van der Waals surface area contributed by atoms with Crippen molar-refractivity contribution in [3.8, 4) is 33.4 Å². The first-order valence-electron chi connectivity index (χ1n) is 9.74. The molecule has 0 saturated heterocycles. The van der Waals surface area contributed by atoms with Gasteiger partial charge in [-0.1, -0.05) is 113 Å². The molecule has 0 saturated carbocycles. The number of fused-ring (bicyclic) bond motifs is 1. The molecule has 0 unspecified atom stereocenters. The normalized spacial score (nSPS) is 10.9. The van der Waals surface area contributed by atoms with E-state index in [1.54, 1.807) is 0 Å². The molecule has 0 aliphatic carbocycles. The van der Waals surface area contributed by atoms with Gasteiger partial charge in [0.1, 0.15) is 0 Å². The van der Waals surface area contributed by atoms with Crippen LogP contribution in [0.25, 0.3) is 44.2 Å². The number of rotatable bonds is 3. The van der Waals surface area contributed by atoms with Crippen LogP contribution in [-0.4, -0.2) is 0 Å². The van der Waals surface area contributed by atoms with Crippen LogP contribution in [0.4, 0.5) is 0 Å². The number of hydrogen-bond acceptors (Lipinski definition) is 0. The zero-order chi connectivity index (χ0) is 19.6. The molecule has 138 valence electrons. The van der Waals surface area contributed by atoms with E-state index in [2.05, 4.69) is 131 Å². The van der Waals surface area contributed by atoms with Crippen molar-refractivity contribution in [2.24, 2.45) is 0 Å². The van der Waals surface area contributed by atoms with Crippen molar-refractivity contribution in [2.75, 3.05) is 0 Å². The van der Waals surface area contributed by atoms with E-state index in [0.29, 0.717) is 0 Å². The minimum atomic E-state index is 1.09. The summed E-state index contributed by atoms with van der Waals surface area (Å²) in [6, 6.07) is 41.0. The standard InChI is InChI=1S/C28H19Br/c29-23-15-9-14-22(18-23)27-19-26(20-10-3-1-4-11-20)24-16-7-8-17-25(24)28(27)21-12-5-2-6-13-21/h1-19H. The maximum Gasteiger partial charge on any atom is 0.0181 e. The Morgan fingerprint density at radius 2 is 1.00 bits per heavy atom. The van der Waals surface area contributed by atoms with Gasteiger partial charge in [0.2, 0.25) is 0 Å². The molecule has 0 aliphatic rings. The fraction of sp³-hybridized carbons (Fsp3) is 0. The second-order valence-corrected chi connectivity index (χ2v) is 8.05. The van der Waals surface area contributed by atoms with Crippen LogP contribution in [0.15, 0.2) is 120 Å². The van der Waals surface area contributed by atoms with Crippen molar-refractivity contribution >= 4 is 26.7 Å². The highest BCUT2D eigenvalue weighted by molar-refractivity contribution is 9.10. The van der Waals surface area contributed by atoms with E-state index in [-0.39, 0.29) is 0 Å². The summed E-state index contributed by atoms with van der Waals surface area (Å²) in [7, 11) is 0. The third kappa shape index (κ3) is 3.39. The van der Waals surface area contributed by atoms with Gasteiger partial charge in [0.25, 0.3) is 0 Å². The Morgan fingerprint density at radius 3 is 1.69 bits per heavy atom. The molecule has 0 nitrogen and oxygen atoms in total. The SMILES string of the molecule is Brc1cccc(-c2cc(-c3ccccc3)c3ccccc3c2-c2ccccc2)c1. The lowest BCUT2D eigenvalue weighted by Crippen LogP contribution is -1.91. The second kappa shape index (κ2) is 7.69. The van der Waals surface area contributed by atoms with E-state index in [0.717, 1.165) is 4.47 Å². The van der Waals surface area contributed by atoms with Crippen molar-refractivity contribution in [3.63, 3.8) is 0 Å². The molecular weight excluding hydrogens is 416 g/mol. The molecule has 5 aromatic carbocycles. The zero-order valence-corrected chi connectivity index (χ0v) is 17.4. The number of benzene rings is 5.